The largest absolute Gasteiger partial charge is 0.463 e. The Morgan fingerprint density at radius 1 is 1.50 bits per heavy atom. The highest BCUT2D eigenvalue weighted by molar-refractivity contribution is 5.64. The summed E-state index contributed by atoms with van der Waals surface area (Å²) >= 11 is 0. The molecule has 2 rings (SSSR count). The highest BCUT2D eigenvalue weighted by atomic mass is 16.3. The number of furan rings is 1. The fourth-order valence-electron chi connectivity index (χ4n) is 1.56. The van der Waals surface area contributed by atoms with Gasteiger partial charge >= 0.3 is 0 Å². The molecule has 0 aliphatic heterocycles. The molecule has 2 aromatic rings. The van der Waals surface area contributed by atoms with E-state index in [1.807, 2.05) is 12.1 Å². The molecule has 2 heterocycles. The van der Waals surface area contributed by atoms with Crippen molar-refractivity contribution in [2.45, 2.75) is 19.8 Å². The number of nitrogens with two attached hydrogens (primary N) is 1. The van der Waals surface area contributed by atoms with Crippen LogP contribution in [0.2, 0.25) is 0 Å². The molecule has 2 aromatic heterocycles. The average molecular weight is 191 g/mol. The van der Waals surface area contributed by atoms with Gasteiger partial charge in [0.1, 0.15) is 11.5 Å². The molecular formula is C10H13N3O. The Labute approximate surface area is 82.1 Å². The van der Waals surface area contributed by atoms with Gasteiger partial charge in [-0.05, 0) is 18.1 Å². The van der Waals surface area contributed by atoms with Crippen molar-refractivity contribution in [2.75, 3.05) is 5.73 Å². The SMILES string of the molecule is CC(C)c1c(N)n[nH]c1-c1ccco1. The predicted molar refractivity (Wildman–Crippen MR) is 54.8 cm³/mol. The van der Waals surface area contributed by atoms with Crippen LogP contribution in [-0.4, -0.2) is 10.2 Å². The van der Waals surface area contributed by atoms with Crippen LogP contribution in [0.15, 0.2) is 22.8 Å². The Hall–Kier alpha value is -1.71. The standard InChI is InChI=1S/C10H13N3O/c1-6(2)8-9(12-13-10(8)11)7-4-3-5-14-7/h3-6H,1-2H3,(H3,11,12,13). The minimum absolute atomic E-state index is 0.328. The molecule has 0 unspecified atom stereocenters. The molecule has 0 aromatic carbocycles. The molecule has 0 radical (unpaired) electrons. The van der Waals surface area contributed by atoms with Crippen LogP contribution >= 0.6 is 0 Å². The minimum Gasteiger partial charge on any atom is -0.463 e. The van der Waals surface area contributed by atoms with Crippen molar-refractivity contribution in [2.24, 2.45) is 0 Å². The van der Waals surface area contributed by atoms with E-state index in [1.54, 1.807) is 6.26 Å². The van der Waals surface area contributed by atoms with Gasteiger partial charge in [0.2, 0.25) is 0 Å². The number of nitrogens with one attached hydrogen (secondary N) is 1. The lowest BCUT2D eigenvalue weighted by atomic mass is 10.0. The van der Waals surface area contributed by atoms with Crippen LogP contribution in [0.3, 0.4) is 0 Å². The molecule has 0 saturated heterocycles. The van der Waals surface area contributed by atoms with Crippen molar-refractivity contribution in [1.29, 1.82) is 0 Å². The third-order valence-corrected chi connectivity index (χ3v) is 2.18. The second-order valence-electron chi connectivity index (χ2n) is 3.53. The first-order chi connectivity index (χ1) is 6.70. The summed E-state index contributed by atoms with van der Waals surface area (Å²) in [5, 5.41) is 6.88. The van der Waals surface area contributed by atoms with E-state index in [1.165, 1.54) is 0 Å². The smallest absolute Gasteiger partial charge is 0.152 e. The van der Waals surface area contributed by atoms with Crippen LogP contribution in [0.5, 0.6) is 0 Å². The van der Waals surface area contributed by atoms with Gasteiger partial charge in [-0.2, -0.15) is 5.10 Å². The van der Waals surface area contributed by atoms with Gasteiger partial charge in [-0.25, -0.2) is 0 Å². The number of rotatable bonds is 2. The molecule has 0 saturated carbocycles. The third-order valence-electron chi connectivity index (χ3n) is 2.18. The molecule has 4 nitrogen and oxygen atoms in total. The minimum atomic E-state index is 0.328. The quantitative estimate of drug-likeness (QED) is 0.765. The van der Waals surface area contributed by atoms with Gasteiger partial charge in [0.25, 0.3) is 0 Å². The van der Waals surface area contributed by atoms with Crippen LogP contribution in [0.4, 0.5) is 5.82 Å². The maximum Gasteiger partial charge on any atom is 0.152 e. The zero-order chi connectivity index (χ0) is 10.1. The van der Waals surface area contributed by atoms with E-state index < -0.39 is 0 Å². The first kappa shape index (κ1) is 8.87. The van der Waals surface area contributed by atoms with Crippen LogP contribution in [-0.2, 0) is 0 Å². The van der Waals surface area contributed by atoms with Crippen LogP contribution in [0.25, 0.3) is 11.5 Å². The monoisotopic (exact) mass is 191 g/mol. The number of aromatic amines is 1. The van der Waals surface area contributed by atoms with E-state index in [-0.39, 0.29) is 0 Å². The average Bonchev–Trinajstić information content (AvgIpc) is 2.70. The number of hydrogen-bond donors (Lipinski definition) is 2. The van der Waals surface area contributed by atoms with Crippen molar-refractivity contribution in [1.82, 2.24) is 10.2 Å². The van der Waals surface area contributed by atoms with Crippen molar-refractivity contribution in [3.63, 3.8) is 0 Å². The maximum atomic E-state index is 5.76. The molecule has 0 bridgehead atoms. The predicted octanol–water partition coefficient (Wildman–Crippen LogP) is 2.38. The molecule has 3 N–H and O–H groups in total. The molecule has 0 amide bonds. The van der Waals surface area contributed by atoms with Crippen LogP contribution in [0.1, 0.15) is 25.3 Å². The van der Waals surface area contributed by atoms with E-state index in [4.69, 9.17) is 10.2 Å². The Bertz CT molecular complexity index is 415. The summed E-state index contributed by atoms with van der Waals surface area (Å²) in [5.74, 6) is 1.65. The lowest BCUT2D eigenvalue weighted by molar-refractivity contribution is 0.578. The zero-order valence-electron chi connectivity index (χ0n) is 8.24. The number of aromatic nitrogens is 2. The molecule has 14 heavy (non-hydrogen) atoms. The zero-order valence-corrected chi connectivity index (χ0v) is 8.24. The lowest BCUT2D eigenvalue weighted by Crippen LogP contribution is -1.94. The molecule has 0 aliphatic carbocycles. The Morgan fingerprint density at radius 2 is 2.29 bits per heavy atom. The number of nitrogens with zero attached hydrogens (tertiary/aromatic N) is 1. The second kappa shape index (κ2) is 3.21. The van der Waals surface area contributed by atoms with E-state index in [0.717, 1.165) is 17.0 Å². The maximum absolute atomic E-state index is 5.76. The lowest BCUT2D eigenvalue weighted by Gasteiger charge is -2.04. The van der Waals surface area contributed by atoms with Gasteiger partial charge in [0.15, 0.2) is 5.76 Å². The van der Waals surface area contributed by atoms with Gasteiger partial charge in [-0.1, -0.05) is 13.8 Å². The number of hydrogen-bond acceptors (Lipinski definition) is 3. The highest BCUT2D eigenvalue weighted by Gasteiger charge is 2.16. The molecular weight excluding hydrogens is 178 g/mol. The molecule has 74 valence electrons. The third kappa shape index (κ3) is 1.28. The summed E-state index contributed by atoms with van der Waals surface area (Å²) in [6.45, 7) is 4.15. The fraction of sp³-hybridized carbons (Fsp3) is 0.300. The van der Waals surface area contributed by atoms with Crippen molar-refractivity contribution < 1.29 is 4.42 Å². The van der Waals surface area contributed by atoms with Gasteiger partial charge in [0.05, 0.1) is 6.26 Å². The summed E-state index contributed by atoms with van der Waals surface area (Å²) in [7, 11) is 0. The first-order valence-electron chi connectivity index (χ1n) is 4.57. The van der Waals surface area contributed by atoms with Crippen molar-refractivity contribution in [3.8, 4) is 11.5 Å². The second-order valence-corrected chi connectivity index (χ2v) is 3.53. The van der Waals surface area contributed by atoms with E-state index in [0.29, 0.717) is 11.7 Å². The normalized spacial score (nSPS) is 11.1. The van der Waals surface area contributed by atoms with Gasteiger partial charge in [0, 0.05) is 5.56 Å². The Morgan fingerprint density at radius 3 is 2.86 bits per heavy atom. The van der Waals surface area contributed by atoms with E-state index in [2.05, 4.69) is 24.0 Å². The topological polar surface area (TPSA) is 67.8 Å². The Kier molecular flexibility index (Phi) is 2.04. The summed E-state index contributed by atoms with van der Waals surface area (Å²) in [6.07, 6.45) is 1.64. The Balaban J connectivity index is 2.54. The van der Waals surface area contributed by atoms with Gasteiger partial charge in [-0.15, -0.1) is 0 Å². The van der Waals surface area contributed by atoms with E-state index >= 15 is 0 Å². The first-order valence-corrected chi connectivity index (χ1v) is 4.57. The highest BCUT2D eigenvalue weighted by Crippen LogP contribution is 2.31. The molecule has 0 fully saturated rings. The van der Waals surface area contributed by atoms with Gasteiger partial charge < -0.3 is 10.2 Å². The summed E-state index contributed by atoms with van der Waals surface area (Å²) in [5.41, 5.74) is 7.66. The van der Waals surface area contributed by atoms with Gasteiger partial charge in [-0.3, -0.25) is 5.10 Å². The fourth-order valence-corrected chi connectivity index (χ4v) is 1.56. The summed E-state index contributed by atoms with van der Waals surface area (Å²) < 4.78 is 5.30. The number of anilines is 1. The van der Waals surface area contributed by atoms with Crippen LogP contribution in [0, 0.1) is 0 Å². The van der Waals surface area contributed by atoms with Crippen molar-refractivity contribution >= 4 is 5.82 Å². The molecule has 0 aliphatic rings. The number of H-pyrrole nitrogens is 1. The van der Waals surface area contributed by atoms with Crippen molar-refractivity contribution in [3.05, 3.63) is 24.0 Å². The summed E-state index contributed by atoms with van der Waals surface area (Å²) in [4.78, 5) is 0. The summed E-state index contributed by atoms with van der Waals surface area (Å²) in [6, 6.07) is 3.73. The van der Waals surface area contributed by atoms with Crippen LogP contribution < -0.4 is 5.73 Å². The molecule has 0 atom stereocenters. The number of nitrogen functional groups attached to an aromatic ring is 1. The van der Waals surface area contributed by atoms with E-state index in [9.17, 15) is 0 Å². The molecule has 0 spiro atoms. The molecule has 4 heteroatoms.